The van der Waals surface area contributed by atoms with Crippen LogP contribution in [0.25, 0.3) is 0 Å². The van der Waals surface area contributed by atoms with E-state index in [1.165, 1.54) is 43.7 Å². The van der Waals surface area contributed by atoms with E-state index in [9.17, 15) is 4.39 Å². The summed E-state index contributed by atoms with van der Waals surface area (Å²) in [5.41, 5.74) is 1.40. The Morgan fingerprint density at radius 2 is 1.84 bits per heavy atom. The smallest absolute Gasteiger partial charge is 0.123 e. The molecule has 19 heavy (non-hydrogen) atoms. The van der Waals surface area contributed by atoms with Crippen molar-refractivity contribution in [1.29, 1.82) is 0 Å². The van der Waals surface area contributed by atoms with E-state index in [1.54, 1.807) is 6.07 Å². The second kappa shape index (κ2) is 5.62. The van der Waals surface area contributed by atoms with Crippen LogP contribution < -0.4 is 5.32 Å². The number of halogens is 1. The maximum atomic E-state index is 13.5. The zero-order valence-electron chi connectivity index (χ0n) is 12.4. The summed E-state index contributed by atoms with van der Waals surface area (Å²) in [5, 5.41) is 3.63. The summed E-state index contributed by atoms with van der Waals surface area (Å²) in [6.07, 6.45) is 6.15. The molecule has 0 radical (unpaired) electrons. The average Bonchev–Trinajstić information content (AvgIpc) is 2.37. The van der Waals surface area contributed by atoms with Gasteiger partial charge in [-0.2, -0.15) is 0 Å². The molecule has 1 aliphatic carbocycles. The van der Waals surface area contributed by atoms with Gasteiger partial charge in [0.05, 0.1) is 0 Å². The fourth-order valence-electron chi connectivity index (χ4n) is 3.05. The molecule has 1 N–H and O–H groups in total. The van der Waals surface area contributed by atoms with Crippen LogP contribution in [0.2, 0.25) is 0 Å². The van der Waals surface area contributed by atoms with E-state index in [4.69, 9.17) is 0 Å². The fraction of sp³-hybridized carbons (Fsp3) is 0.647. The van der Waals surface area contributed by atoms with Gasteiger partial charge in [-0.25, -0.2) is 4.39 Å². The monoisotopic (exact) mass is 263 g/mol. The first-order chi connectivity index (χ1) is 8.91. The molecule has 1 nitrogen and oxygen atoms in total. The second-order valence-electron chi connectivity index (χ2n) is 6.95. The van der Waals surface area contributed by atoms with Crippen LogP contribution >= 0.6 is 0 Å². The molecular formula is C17H26FN. The largest absolute Gasteiger partial charge is 0.311 e. The average molecular weight is 263 g/mol. The summed E-state index contributed by atoms with van der Waals surface area (Å²) in [6.45, 7) is 7.51. The van der Waals surface area contributed by atoms with Gasteiger partial charge < -0.3 is 5.32 Å². The van der Waals surface area contributed by atoms with Crippen molar-refractivity contribution in [3.8, 4) is 0 Å². The summed E-state index contributed by atoms with van der Waals surface area (Å²) < 4.78 is 13.5. The standard InChI is InChI=1S/C17H26FN/c1-16(2,3)19-13-17(10-5-4-6-11-17)14-8-7-9-15(18)12-14/h7-9,12,19H,4-6,10-11,13H2,1-3H3. The third kappa shape index (κ3) is 3.79. The molecule has 2 rings (SSSR count). The lowest BCUT2D eigenvalue weighted by Crippen LogP contribution is -2.47. The lowest BCUT2D eigenvalue weighted by Gasteiger charge is -2.40. The highest BCUT2D eigenvalue weighted by Gasteiger charge is 2.34. The Kier molecular flexibility index (Phi) is 4.29. The number of hydrogen-bond acceptors (Lipinski definition) is 1. The zero-order valence-corrected chi connectivity index (χ0v) is 12.4. The van der Waals surface area contributed by atoms with E-state index >= 15 is 0 Å². The number of hydrogen-bond donors (Lipinski definition) is 1. The molecule has 0 unspecified atom stereocenters. The molecule has 0 bridgehead atoms. The SMILES string of the molecule is CC(C)(C)NCC1(c2cccc(F)c2)CCCCC1. The quantitative estimate of drug-likeness (QED) is 0.851. The fourth-order valence-corrected chi connectivity index (χ4v) is 3.05. The molecule has 0 saturated heterocycles. The lowest BCUT2D eigenvalue weighted by molar-refractivity contribution is 0.253. The maximum absolute atomic E-state index is 13.5. The Hall–Kier alpha value is -0.890. The predicted octanol–water partition coefficient (Wildman–Crippen LogP) is 4.42. The Labute approximate surface area is 116 Å². The summed E-state index contributed by atoms with van der Waals surface area (Å²) in [7, 11) is 0. The van der Waals surface area contributed by atoms with Gasteiger partial charge in [-0.15, -0.1) is 0 Å². The first-order valence-electron chi connectivity index (χ1n) is 7.42. The van der Waals surface area contributed by atoms with Gasteiger partial charge in [0.25, 0.3) is 0 Å². The highest BCUT2D eigenvalue weighted by Crippen LogP contribution is 2.39. The van der Waals surface area contributed by atoms with Crippen molar-refractivity contribution in [3.63, 3.8) is 0 Å². The molecule has 106 valence electrons. The number of benzene rings is 1. The van der Waals surface area contributed by atoms with Crippen LogP contribution in [0.3, 0.4) is 0 Å². The first kappa shape index (κ1) is 14.5. The normalized spacial score (nSPS) is 19.4. The van der Waals surface area contributed by atoms with Crippen molar-refractivity contribution in [1.82, 2.24) is 5.32 Å². The third-order valence-corrected chi connectivity index (χ3v) is 4.20. The van der Waals surface area contributed by atoms with Crippen LogP contribution in [0, 0.1) is 5.82 Å². The van der Waals surface area contributed by atoms with Crippen LogP contribution in [-0.2, 0) is 5.41 Å². The molecule has 1 aromatic carbocycles. The lowest BCUT2D eigenvalue weighted by atomic mass is 9.69. The van der Waals surface area contributed by atoms with Gasteiger partial charge in [-0.3, -0.25) is 0 Å². The molecule has 0 heterocycles. The van der Waals surface area contributed by atoms with Crippen molar-refractivity contribution < 1.29 is 4.39 Å². The van der Waals surface area contributed by atoms with E-state index in [0.29, 0.717) is 0 Å². The van der Waals surface area contributed by atoms with E-state index in [2.05, 4.69) is 32.2 Å². The van der Waals surface area contributed by atoms with Crippen LogP contribution in [0.4, 0.5) is 4.39 Å². The molecule has 2 heteroatoms. The maximum Gasteiger partial charge on any atom is 0.123 e. The van der Waals surface area contributed by atoms with E-state index in [-0.39, 0.29) is 16.8 Å². The van der Waals surface area contributed by atoms with Crippen LogP contribution in [0.15, 0.2) is 24.3 Å². The third-order valence-electron chi connectivity index (χ3n) is 4.20. The molecule has 0 spiro atoms. The highest BCUT2D eigenvalue weighted by molar-refractivity contribution is 5.27. The molecule has 0 atom stereocenters. The van der Waals surface area contributed by atoms with Gasteiger partial charge >= 0.3 is 0 Å². The van der Waals surface area contributed by atoms with E-state index in [1.807, 2.05) is 6.07 Å². The Morgan fingerprint density at radius 3 is 2.42 bits per heavy atom. The molecule has 0 aliphatic heterocycles. The van der Waals surface area contributed by atoms with Gasteiger partial charge in [-0.1, -0.05) is 31.4 Å². The minimum absolute atomic E-state index is 0.109. The van der Waals surface area contributed by atoms with Crippen molar-refractivity contribution in [3.05, 3.63) is 35.6 Å². The molecule has 1 aromatic rings. The molecule has 1 saturated carbocycles. The molecule has 0 amide bonds. The van der Waals surface area contributed by atoms with E-state index < -0.39 is 0 Å². The van der Waals surface area contributed by atoms with Crippen LogP contribution in [0.1, 0.15) is 58.4 Å². The van der Waals surface area contributed by atoms with Crippen molar-refractivity contribution in [2.75, 3.05) is 6.54 Å². The number of rotatable bonds is 3. The Morgan fingerprint density at radius 1 is 1.16 bits per heavy atom. The van der Waals surface area contributed by atoms with Gasteiger partial charge in [0.15, 0.2) is 0 Å². The Balaban J connectivity index is 2.24. The van der Waals surface area contributed by atoms with Crippen molar-refractivity contribution in [2.24, 2.45) is 0 Å². The summed E-state index contributed by atoms with van der Waals surface area (Å²) in [6, 6.07) is 7.21. The highest BCUT2D eigenvalue weighted by atomic mass is 19.1. The minimum Gasteiger partial charge on any atom is -0.311 e. The van der Waals surface area contributed by atoms with E-state index in [0.717, 1.165) is 6.54 Å². The van der Waals surface area contributed by atoms with Gasteiger partial charge in [0.2, 0.25) is 0 Å². The zero-order chi connectivity index (χ0) is 13.9. The van der Waals surface area contributed by atoms with Gasteiger partial charge in [-0.05, 0) is 51.3 Å². The molecule has 0 aromatic heterocycles. The molecular weight excluding hydrogens is 237 g/mol. The van der Waals surface area contributed by atoms with Crippen LogP contribution in [0.5, 0.6) is 0 Å². The second-order valence-corrected chi connectivity index (χ2v) is 6.95. The molecule has 1 fully saturated rings. The Bertz CT molecular complexity index is 414. The topological polar surface area (TPSA) is 12.0 Å². The number of nitrogens with one attached hydrogen (secondary N) is 1. The first-order valence-corrected chi connectivity index (χ1v) is 7.42. The van der Waals surface area contributed by atoms with Gasteiger partial charge in [0, 0.05) is 17.5 Å². The van der Waals surface area contributed by atoms with Crippen molar-refractivity contribution in [2.45, 2.75) is 63.8 Å². The predicted molar refractivity (Wildman–Crippen MR) is 78.9 cm³/mol. The summed E-state index contributed by atoms with van der Waals surface area (Å²) >= 11 is 0. The van der Waals surface area contributed by atoms with Gasteiger partial charge in [0.1, 0.15) is 5.82 Å². The van der Waals surface area contributed by atoms with Crippen LogP contribution in [-0.4, -0.2) is 12.1 Å². The summed E-state index contributed by atoms with van der Waals surface area (Å²) in [4.78, 5) is 0. The summed E-state index contributed by atoms with van der Waals surface area (Å²) in [5.74, 6) is -0.113. The minimum atomic E-state index is -0.113. The van der Waals surface area contributed by atoms with Crippen molar-refractivity contribution >= 4 is 0 Å². The molecule has 1 aliphatic rings.